The van der Waals surface area contributed by atoms with E-state index in [4.69, 9.17) is 0 Å². The summed E-state index contributed by atoms with van der Waals surface area (Å²) in [5.74, 6) is 0.925. The minimum atomic E-state index is 0.538. The average molecular weight is 245 g/mol. The van der Waals surface area contributed by atoms with Crippen LogP contribution in [0.5, 0.6) is 0 Å². The van der Waals surface area contributed by atoms with Crippen LogP contribution in [0.3, 0.4) is 0 Å². The lowest BCUT2D eigenvalue weighted by Crippen LogP contribution is -2.26. The molecule has 1 saturated carbocycles. The van der Waals surface area contributed by atoms with Gasteiger partial charge < -0.3 is 5.32 Å². The number of benzene rings is 1. The second-order valence-corrected chi connectivity index (χ2v) is 5.61. The maximum Gasteiger partial charge on any atom is 0.0317 e. The summed E-state index contributed by atoms with van der Waals surface area (Å²) in [6.45, 7) is 5.69. The van der Waals surface area contributed by atoms with E-state index in [1.165, 1.54) is 49.8 Å². The first kappa shape index (κ1) is 13.6. The van der Waals surface area contributed by atoms with Crippen molar-refractivity contribution in [1.82, 2.24) is 5.32 Å². The number of hydrogen-bond acceptors (Lipinski definition) is 1. The highest BCUT2D eigenvalue weighted by Crippen LogP contribution is 2.25. The van der Waals surface area contributed by atoms with Crippen molar-refractivity contribution in [3.8, 4) is 0 Å². The molecule has 0 heterocycles. The third-order valence-corrected chi connectivity index (χ3v) is 4.33. The Morgan fingerprint density at radius 2 is 1.78 bits per heavy atom. The molecule has 1 aliphatic carbocycles. The van der Waals surface area contributed by atoms with Gasteiger partial charge in [-0.15, -0.1) is 0 Å². The first-order valence-corrected chi connectivity index (χ1v) is 7.65. The zero-order chi connectivity index (χ0) is 12.8. The van der Waals surface area contributed by atoms with Gasteiger partial charge in [0.2, 0.25) is 0 Å². The highest BCUT2D eigenvalue weighted by molar-refractivity contribution is 5.25. The fraction of sp³-hybridized carbons (Fsp3) is 0.647. The van der Waals surface area contributed by atoms with Crippen molar-refractivity contribution < 1.29 is 0 Å². The Kier molecular flexibility index (Phi) is 5.25. The predicted octanol–water partition coefficient (Wildman–Crippen LogP) is 4.48. The van der Waals surface area contributed by atoms with Gasteiger partial charge in [0, 0.05) is 6.04 Å². The van der Waals surface area contributed by atoms with Gasteiger partial charge in [0.25, 0.3) is 0 Å². The first-order chi connectivity index (χ1) is 8.83. The highest BCUT2D eigenvalue weighted by Gasteiger charge is 2.16. The zero-order valence-electron chi connectivity index (χ0n) is 11.9. The molecule has 18 heavy (non-hydrogen) atoms. The third-order valence-electron chi connectivity index (χ3n) is 4.33. The molecule has 1 aromatic carbocycles. The van der Waals surface area contributed by atoms with Crippen LogP contribution in [0.15, 0.2) is 24.3 Å². The van der Waals surface area contributed by atoms with E-state index in [9.17, 15) is 0 Å². The maximum absolute atomic E-state index is 3.77. The van der Waals surface area contributed by atoms with Gasteiger partial charge in [-0.2, -0.15) is 0 Å². The standard InChI is InChI=1S/C17H27N/c1-3-14-9-11-16(12-10-14)17(4-2)18-13-15-7-5-6-8-15/h9-12,15,17-18H,3-8,13H2,1-2H3. The van der Waals surface area contributed by atoms with Crippen molar-refractivity contribution in [2.75, 3.05) is 6.54 Å². The second-order valence-electron chi connectivity index (χ2n) is 5.61. The van der Waals surface area contributed by atoms with E-state index in [1.807, 2.05) is 0 Å². The lowest BCUT2D eigenvalue weighted by molar-refractivity contribution is 0.431. The summed E-state index contributed by atoms with van der Waals surface area (Å²) >= 11 is 0. The molecular weight excluding hydrogens is 218 g/mol. The topological polar surface area (TPSA) is 12.0 Å². The van der Waals surface area contributed by atoms with Crippen LogP contribution in [0.25, 0.3) is 0 Å². The van der Waals surface area contributed by atoms with Crippen LogP contribution in [-0.2, 0) is 6.42 Å². The molecule has 1 atom stereocenters. The van der Waals surface area contributed by atoms with Crippen molar-refractivity contribution in [2.24, 2.45) is 5.92 Å². The Hall–Kier alpha value is -0.820. The Labute approximate surface area is 112 Å². The normalized spacial score (nSPS) is 18.1. The fourth-order valence-electron chi connectivity index (χ4n) is 3.01. The zero-order valence-corrected chi connectivity index (χ0v) is 11.9. The summed E-state index contributed by atoms with van der Waals surface area (Å²) in [6, 6.07) is 9.69. The van der Waals surface area contributed by atoms with Crippen LogP contribution >= 0.6 is 0 Å². The van der Waals surface area contributed by atoms with Crippen molar-refractivity contribution in [3.63, 3.8) is 0 Å². The second kappa shape index (κ2) is 6.94. The lowest BCUT2D eigenvalue weighted by atomic mass is 10.0. The smallest absolute Gasteiger partial charge is 0.0317 e. The minimum Gasteiger partial charge on any atom is -0.310 e. The Balaban J connectivity index is 1.89. The molecule has 1 heteroatoms. The van der Waals surface area contributed by atoms with E-state index in [1.54, 1.807) is 0 Å². The Morgan fingerprint density at radius 1 is 1.11 bits per heavy atom. The summed E-state index contributed by atoms with van der Waals surface area (Å²) in [7, 11) is 0. The number of rotatable bonds is 6. The maximum atomic E-state index is 3.77. The average Bonchev–Trinajstić information content (AvgIpc) is 2.93. The molecular formula is C17H27N. The van der Waals surface area contributed by atoms with Crippen LogP contribution in [-0.4, -0.2) is 6.54 Å². The molecule has 1 fully saturated rings. The highest BCUT2D eigenvalue weighted by atomic mass is 14.9. The first-order valence-electron chi connectivity index (χ1n) is 7.65. The third kappa shape index (κ3) is 3.58. The van der Waals surface area contributed by atoms with Crippen molar-refractivity contribution in [1.29, 1.82) is 0 Å². The summed E-state index contributed by atoms with van der Waals surface area (Å²) < 4.78 is 0. The number of aryl methyl sites for hydroxylation is 1. The van der Waals surface area contributed by atoms with Gasteiger partial charge in [-0.25, -0.2) is 0 Å². The predicted molar refractivity (Wildman–Crippen MR) is 78.8 cm³/mol. The van der Waals surface area contributed by atoms with Crippen molar-refractivity contribution in [3.05, 3.63) is 35.4 Å². The van der Waals surface area contributed by atoms with Gasteiger partial charge in [-0.1, -0.05) is 51.0 Å². The summed E-state index contributed by atoms with van der Waals surface area (Å²) in [6.07, 6.45) is 8.05. The van der Waals surface area contributed by atoms with E-state index < -0.39 is 0 Å². The quantitative estimate of drug-likeness (QED) is 0.779. The molecule has 0 amide bonds. The molecule has 100 valence electrons. The van der Waals surface area contributed by atoms with Crippen LogP contribution in [0.1, 0.15) is 63.1 Å². The Morgan fingerprint density at radius 3 is 2.33 bits per heavy atom. The van der Waals surface area contributed by atoms with Gasteiger partial charge in [0.1, 0.15) is 0 Å². The van der Waals surface area contributed by atoms with Gasteiger partial charge in [0.05, 0.1) is 0 Å². The summed E-state index contributed by atoms with van der Waals surface area (Å²) in [4.78, 5) is 0. The number of nitrogens with one attached hydrogen (secondary N) is 1. The van der Waals surface area contributed by atoms with Crippen LogP contribution in [0, 0.1) is 5.92 Å². The monoisotopic (exact) mass is 245 g/mol. The molecule has 0 bridgehead atoms. The van der Waals surface area contributed by atoms with Crippen LogP contribution in [0.4, 0.5) is 0 Å². The molecule has 0 radical (unpaired) electrons. The van der Waals surface area contributed by atoms with Crippen molar-refractivity contribution in [2.45, 2.75) is 58.4 Å². The molecule has 1 aromatic rings. The largest absolute Gasteiger partial charge is 0.310 e. The number of hydrogen-bond donors (Lipinski definition) is 1. The molecule has 0 aromatic heterocycles. The minimum absolute atomic E-state index is 0.538. The summed E-state index contributed by atoms with van der Waals surface area (Å²) in [5, 5.41) is 3.77. The van der Waals surface area contributed by atoms with E-state index in [-0.39, 0.29) is 0 Å². The van der Waals surface area contributed by atoms with E-state index in [2.05, 4.69) is 43.4 Å². The Bertz CT molecular complexity index is 335. The van der Waals surface area contributed by atoms with Crippen LogP contribution in [0.2, 0.25) is 0 Å². The van der Waals surface area contributed by atoms with Crippen molar-refractivity contribution >= 4 is 0 Å². The van der Waals surface area contributed by atoms with E-state index in [0.29, 0.717) is 6.04 Å². The van der Waals surface area contributed by atoms with E-state index >= 15 is 0 Å². The van der Waals surface area contributed by atoms with Gasteiger partial charge in [-0.3, -0.25) is 0 Å². The van der Waals surface area contributed by atoms with Gasteiger partial charge >= 0.3 is 0 Å². The SMILES string of the molecule is CCc1ccc(C(CC)NCC2CCCC2)cc1. The molecule has 1 nitrogen and oxygen atoms in total. The lowest BCUT2D eigenvalue weighted by Gasteiger charge is -2.20. The molecule has 1 unspecified atom stereocenters. The van der Waals surface area contributed by atoms with Gasteiger partial charge in [0.15, 0.2) is 0 Å². The molecule has 2 rings (SSSR count). The fourth-order valence-corrected chi connectivity index (χ4v) is 3.01. The van der Waals surface area contributed by atoms with E-state index in [0.717, 1.165) is 12.3 Å². The molecule has 0 saturated heterocycles. The molecule has 1 N–H and O–H groups in total. The summed E-state index contributed by atoms with van der Waals surface area (Å²) in [5.41, 5.74) is 2.89. The molecule has 0 aliphatic heterocycles. The molecule has 1 aliphatic rings. The van der Waals surface area contributed by atoms with Gasteiger partial charge in [-0.05, 0) is 49.3 Å². The van der Waals surface area contributed by atoms with Crippen LogP contribution < -0.4 is 5.32 Å². The molecule has 0 spiro atoms.